The highest BCUT2D eigenvalue weighted by atomic mass is 19.4. The molecule has 0 radical (unpaired) electrons. The first-order valence-electron chi connectivity index (χ1n) is 4.24. The Balaban J connectivity index is 2.41. The van der Waals surface area contributed by atoms with Crippen LogP contribution in [0.25, 0.3) is 0 Å². The van der Waals surface area contributed by atoms with E-state index < -0.39 is 11.6 Å². The second-order valence-corrected chi connectivity index (χ2v) is 3.55. The molecule has 1 aliphatic rings. The predicted molar refractivity (Wildman–Crippen MR) is 45.6 cm³/mol. The number of rotatable bonds is 1. The summed E-state index contributed by atoms with van der Waals surface area (Å²) >= 11 is 0. The van der Waals surface area contributed by atoms with Crippen LogP contribution in [0.15, 0.2) is 18.3 Å². The number of hydrogen-bond donors (Lipinski definition) is 1. The van der Waals surface area contributed by atoms with Crippen molar-refractivity contribution in [3.8, 4) is 0 Å². The van der Waals surface area contributed by atoms with Crippen molar-refractivity contribution >= 4 is 5.69 Å². The number of nitrogens with zero attached hydrogens (tertiary/aromatic N) is 1. The summed E-state index contributed by atoms with van der Waals surface area (Å²) in [5.41, 5.74) is 4.07. The van der Waals surface area contributed by atoms with E-state index in [-0.39, 0.29) is 18.5 Å². The maximum atomic E-state index is 12.6. The summed E-state index contributed by atoms with van der Waals surface area (Å²) in [6, 6.07) is 2.79. The molecule has 0 aromatic carbocycles. The fourth-order valence-corrected chi connectivity index (χ4v) is 1.52. The minimum absolute atomic E-state index is 0.0463. The van der Waals surface area contributed by atoms with Crippen LogP contribution in [0.1, 0.15) is 18.5 Å². The maximum absolute atomic E-state index is 12.6. The fourth-order valence-electron chi connectivity index (χ4n) is 1.52. The molecule has 0 bridgehead atoms. The zero-order valence-electron chi connectivity index (χ0n) is 7.30. The molecule has 1 heterocycles. The van der Waals surface area contributed by atoms with Crippen LogP contribution in [0.4, 0.5) is 18.9 Å². The van der Waals surface area contributed by atoms with Gasteiger partial charge in [-0.1, -0.05) is 0 Å². The molecular weight excluding hydrogens is 193 g/mol. The molecule has 5 heteroatoms. The summed E-state index contributed by atoms with van der Waals surface area (Å²) in [5.74, 6) is 0. The van der Waals surface area contributed by atoms with Crippen molar-refractivity contribution in [2.45, 2.75) is 24.4 Å². The van der Waals surface area contributed by atoms with E-state index >= 15 is 0 Å². The summed E-state index contributed by atoms with van der Waals surface area (Å²) in [7, 11) is 0. The molecule has 0 spiro atoms. The highest BCUT2D eigenvalue weighted by Crippen LogP contribution is 2.58. The third-order valence-electron chi connectivity index (χ3n) is 2.57. The van der Waals surface area contributed by atoms with Gasteiger partial charge in [-0.2, -0.15) is 13.2 Å². The van der Waals surface area contributed by atoms with Gasteiger partial charge in [-0.05, 0) is 25.0 Å². The van der Waals surface area contributed by atoms with Crippen LogP contribution in [0, 0.1) is 0 Å². The Bertz CT molecular complexity index is 355. The van der Waals surface area contributed by atoms with Gasteiger partial charge in [0.15, 0.2) is 0 Å². The average Bonchev–Trinajstić information content (AvgIpc) is 2.82. The molecule has 76 valence electrons. The van der Waals surface area contributed by atoms with Crippen LogP contribution in [-0.4, -0.2) is 11.2 Å². The summed E-state index contributed by atoms with van der Waals surface area (Å²) in [4.78, 5) is 3.74. The molecule has 14 heavy (non-hydrogen) atoms. The zero-order chi connectivity index (χ0) is 10.4. The quantitative estimate of drug-likeness (QED) is 0.758. The zero-order valence-corrected chi connectivity index (χ0v) is 7.30. The first-order valence-corrected chi connectivity index (χ1v) is 4.24. The molecule has 1 aromatic heterocycles. The normalized spacial score (nSPS) is 19.4. The van der Waals surface area contributed by atoms with Crippen molar-refractivity contribution in [1.29, 1.82) is 0 Å². The van der Waals surface area contributed by atoms with Crippen LogP contribution in [0.3, 0.4) is 0 Å². The molecule has 0 unspecified atom stereocenters. The van der Waals surface area contributed by atoms with Crippen LogP contribution in [0.5, 0.6) is 0 Å². The fraction of sp³-hybridized carbons (Fsp3) is 0.444. The van der Waals surface area contributed by atoms with E-state index in [4.69, 9.17) is 5.73 Å². The molecular formula is C9H9F3N2. The van der Waals surface area contributed by atoms with Gasteiger partial charge in [0.05, 0.1) is 5.69 Å². The first kappa shape index (κ1) is 9.30. The Morgan fingerprint density at radius 1 is 1.36 bits per heavy atom. The van der Waals surface area contributed by atoms with Gasteiger partial charge in [0.2, 0.25) is 0 Å². The molecule has 0 atom stereocenters. The van der Waals surface area contributed by atoms with E-state index in [9.17, 15) is 13.2 Å². The van der Waals surface area contributed by atoms with Crippen LogP contribution in [-0.2, 0) is 5.41 Å². The Hall–Kier alpha value is -1.26. The van der Waals surface area contributed by atoms with Gasteiger partial charge in [-0.3, -0.25) is 4.98 Å². The summed E-state index contributed by atoms with van der Waals surface area (Å²) in [6.45, 7) is 0. The lowest BCUT2D eigenvalue weighted by atomic mass is 10.0. The van der Waals surface area contributed by atoms with Gasteiger partial charge in [-0.25, -0.2) is 0 Å². The SMILES string of the molecule is Nc1ccnc(C2(C(F)(F)F)CC2)c1. The van der Waals surface area contributed by atoms with Crippen LogP contribution >= 0.6 is 0 Å². The van der Waals surface area contributed by atoms with E-state index in [0.29, 0.717) is 5.69 Å². The van der Waals surface area contributed by atoms with Crippen molar-refractivity contribution < 1.29 is 13.2 Å². The third-order valence-corrected chi connectivity index (χ3v) is 2.57. The first-order chi connectivity index (χ1) is 6.46. The molecule has 0 saturated heterocycles. The second-order valence-electron chi connectivity index (χ2n) is 3.55. The van der Waals surface area contributed by atoms with Gasteiger partial charge in [0, 0.05) is 11.9 Å². The van der Waals surface area contributed by atoms with Crippen molar-refractivity contribution in [2.24, 2.45) is 0 Å². The van der Waals surface area contributed by atoms with Gasteiger partial charge >= 0.3 is 6.18 Å². The Kier molecular flexibility index (Phi) is 1.74. The minimum atomic E-state index is -4.21. The maximum Gasteiger partial charge on any atom is 0.399 e. The average molecular weight is 202 g/mol. The molecule has 2 nitrogen and oxygen atoms in total. The van der Waals surface area contributed by atoms with Gasteiger partial charge in [-0.15, -0.1) is 0 Å². The highest BCUT2D eigenvalue weighted by molar-refractivity contribution is 5.42. The van der Waals surface area contributed by atoms with Gasteiger partial charge in [0.25, 0.3) is 0 Å². The van der Waals surface area contributed by atoms with E-state index in [0.717, 1.165) is 0 Å². The number of alkyl halides is 3. The lowest BCUT2D eigenvalue weighted by Crippen LogP contribution is -2.29. The second kappa shape index (κ2) is 2.62. The van der Waals surface area contributed by atoms with E-state index in [1.165, 1.54) is 18.3 Å². The number of anilines is 1. The number of pyridine rings is 1. The van der Waals surface area contributed by atoms with Crippen molar-refractivity contribution in [1.82, 2.24) is 4.98 Å². The smallest absolute Gasteiger partial charge is 0.399 e. The van der Waals surface area contributed by atoms with Crippen LogP contribution < -0.4 is 5.73 Å². The number of nitrogen functional groups attached to an aromatic ring is 1. The van der Waals surface area contributed by atoms with E-state index in [1.807, 2.05) is 0 Å². The summed E-state index contributed by atoms with van der Waals surface area (Å²) < 4.78 is 37.9. The van der Waals surface area contributed by atoms with Crippen molar-refractivity contribution in [2.75, 3.05) is 5.73 Å². The number of hydrogen-bond acceptors (Lipinski definition) is 2. The molecule has 1 aromatic rings. The third kappa shape index (κ3) is 1.23. The molecule has 1 aliphatic carbocycles. The molecule has 1 fully saturated rings. The Morgan fingerprint density at radius 2 is 2.00 bits per heavy atom. The number of aromatic nitrogens is 1. The Labute approximate surface area is 78.9 Å². The molecule has 0 amide bonds. The number of halogens is 3. The van der Waals surface area contributed by atoms with Crippen molar-refractivity contribution in [3.05, 3.63) is 24.0 Å². The van der Waals surface area contributed by atoms with E-state index in [1.54, 1.807) is 0 Å². The molecule has 2 N–H and O–H groups in total. The topological polar surface area (TPSA) is 38.9 Å². The summed E-state index contributed by atoms with van der Waals surface area (Å²) in [6.07, 6.45) is -2.66. The highest BCUT2D eigenvalue weighted by Gasteiger charge is 2.65. The summed E-state index contributed by atoms with van der Waals surface area (Å²) in [5, 5.41) is 0. The molecule has 1 saturated carbocycles. The van der Waals surface area contributed by atoms with E-state index in [2.05, 4.69) is 4.98 Å². The van der Waals surface area contributed by atoms with Crippen molar-refractivity contribution in [3.63, 3.8) is 0 Å². The standard InChI is InChI=1S/C9H9F3N2/c10-9(11,12)8(2-3-8)7-5-6(13)1-4-14-7/h1,4-5H,2-3H2,(H2,13,14). The predicted octanol–water partition coefficient (Wildman–Crippen LogP) is 2.26. The largest absolute Gasteiger partial charge is 0.399 e. The Morgan fingerprint density at radius 3 is 2.43 bits per heavy atom. The lowest BCUT2D eigenvalue weighted by Gasteiger charge is -2.18. The van der Waals surface area contributed by atoms with Gasteiger partial charge < -0.3 is 5.73 Å². The number of nitrogens with two attached hydrogens (primary N) is 1. The van der Waals surface area contributed by atoms with Crippen LogP contribution in [0.2, 0.25) is 0 Å². The molecule has 0 aliphatic heterocycles. The molecule has 2 rings (SSSR count). The monoisotopic (exact) mass is 202 g/mol. The lowest BCUT2D eigenvalue weighted by molar-refractivity contribution is -0.161. The van der Waals surface area contributed by atoms with Gasteiger partial charge in [0.1, 0.15) is 5.41 Å². The minimum Gasteiger partial charge on any atom is -0.399 e.